The Hall–Kier alpha value is -1.62. The topological polar surface area (TPSA) is 72.8 Å². The maximum absolute atomic E-state index is 11.2. The number of aliphatic hydroxyl groups is 1. The summed E-state index contributed by atoms with van der Waals surface area (Å²) in [6, 6.07) is 0. The molecular weight excluding hydrogens is 224 g/mol. The summed E-state index contributed by atoms with van der Waals surface area (Å²) in [6.07, 6.45) is -0.563. The first-order chi connectivity index (χ1) is 7.88. The van der Waals surface area contributed by atoms with Gasteiger partial charge in [-0.1, -0.05) is 20.1 Å². The van der Waals surface area contributed by atoms with Gasteiger partial charge in [-0.3, -0.25) is 0 Å². The molecule has 0 saturated carbocycles. The summed E-state index contributed by atoms with van der Waals surface area (Å²) >= 11 is 0. The van der Waals surface area contributed by atoms with Crippen molar-refractivity contribution in [1.82, 2.24) is 0 Å². The normalized spacial score (nSPS) is 11.5. The lowest BCUT2D eigenvalue weighted by Gasteiger charge is -2.12. The summed E-state index contributed by atoms with van der Waals surface area (Å²) < 4.78 is 9.43. The number of ether oxygens (including phenoxy) is 2. The van der Waals surface area contributed by atoms with E-state index in [1.165, 1.54) is 6.92 Å². The van der Waals surface area contributed by atoms with E-state index < -0.39 is 18.0 Å². The zero-order valence-corrected chi connectivity index (χ0v) is 10.2. The molecule has 0 radical (unpaired) electrons. The summed E-state index contributed by atoms with van der Waals surface area (Å²) in [4.78, 5) is 22.2. The average molecular weight is 242 g/mol. The number of esters is 2. The Labute approximate surface area is 101 Å². The second-order valence-electron chi connectivity index (χ2n) is 3.59. The van der Waals surface area contributed by atoms with Gasteiger partial charge in [0.05, 0.1) is 0 Å². The van der Waals surface area contributed by atoms with Crippen molar-refractivity contribution < 1.29 is 24.2 Å². The monoisotopic (exact) mass is 242 g/mol. The van der Waals surface area contributed by atoms with E-state index in [0.717, 1.165) is 0 Å². The van der Waals surface area contributed by atoms with Gasteiger partial charge in [0.1, 0.15) is 19.3 Å². The summed E-state index contributed by atoms with van der Waals surface area (Å²) in [6.45, 7) is 9.68. The average Bonchev–Trinajstić information content (AvgIpc) is 2.31. The van der Waals surface area contributed by atoms with Crippen LogP contribution in [0.25, 0.3) is 0 Å². The molecule has 1 unspecified atom stereocenters. The van der Waals surface area contributed by atoms with Crippen LogP contribution in [0.2, 0.25) is 0 Å². The van der Waals surface area contributed by atoms with Gasteiger partial charge in [-0.05, 0) is 13.3 Å². The number of carbonyl (C=O) groups excluding carboxylic acids is 2. The number of aliphatic hydroxyl groups excluding tert-OH is 1. The minimum atomic E-state index is -1.05. The lowest BCUT2D eigenvalue weighted by atomic mass is 10.2. The molecule has 17 heavy (non-hydrogen) atoms. The molecule has 0 saturated heterocycles. The van der Waals surface area contributed by atoms with E-state index in [-0.39, 0.29) is 18.8 Å². The number of hydrogen-bond acceptors (Lipinski definition) is 5. The van der Waals surface area contributed by atoms with Gasteiger partial charge < -0.3 is 14.6 Å². The van der Waals surface area contributed by atoms with Crippen molar-refractivity contribution in [3.63, 3.8) is 0 Å². The van der Waals surface area contributed by atoms with Crippen molar-refractivity contribution in [3.05, 3.63) is 24.3 Å². The van der Waals surface area contributed by atoms with Crippen LogP contribution in [0.1, 0.15) is 20.3 Å². The Morgan fingerprint density at radius 3 is 2.06 bits per heavy atom. The standard InChI is InChI=1S/C12H18O5/c1-5-9(4)12(15)17-7-10(13)6-16-11(14)8(2)3/h10,13H,2,4-7H2,1,3H3. The largest absolute Gasteiger partial charge is 0.459 e. The van der Waals surface area contributed by atoms with E-state index in [0.29, 0.717) is 12.0 Å². The van der Waals surface area contributed by atoms with Crippen LogP contribution in [0.15, 0.2) is 24.3 Å². The third kappa shape index (κ3) is 6.52. The van der Waals surface area contributed by atoms with Crippen LogP contribution in [0.3, 0.4) is 0 Å². The van der Waals surface area contributed by atoms with Crippen LogP contribution in [-0.2, 0) is 19.1 Å². The summed E-state index contributed by atoms with van der Waals surface area (Å²) in [5.41, 5.74) is 0.574. The Bertz CT molecular complexity index is 319. The highest BCUT2D eigenvalue weighted by Crippen LogP contribution is 2.01. The van der Waals surface area contributed by atoms with E-state index in [1.807, 2.05) is 0 Å². The molecule has 96 valence electrons. The highest BCUT2D eigenvalue weighted by molar-refractivity contribution is 5.87. The molecule has 0 fully saturated rings. The molecular formula is C12H18O5. The van der Waals surface area contributed by atoms with Crippen molar-refractivity contribution >= 4 is 11.9 Å². The lowest BCUT2D eigenvalue weighted by Crippen LogP contribution is -2.25. The Balaban J connectivity index is 3.84. The van der Waals surface area contributed by atoms with Crippen LogP contribution in [0.5, 0.6) is 0 Å². The zero-order chi connectivity index (χ0) is 13.4. The van der Waals surface area contributed by atoms with E-state index in [2.05, 4.69) is 17.9 Å². The maximum atomic E-state index is 11.2. The smallest absolute Gasteiger partial charge is 0.333 e. The maximum Gasteiger partial charge on any atom is 0.333 e. The molecule has 0 amide bonds. The first-order valence-electron chi connectivity index (χ1n) is 5.24. The molecule has 0 bridgehead atoms. The Kier molecular flexibility index (Phi) is 6.89. The number of carbonyl (C=O) groups is 2. The van der Waals surface area contributed by atoms with Crippen molar-refractivity contribution in [3.8, 4) is 0 Å². The molecule has 0 aromatic rings. The van der Waals surface area contributed by atoms with Crippen LogP contribution in [0, 0.1) is 0 Å². The molecule has 0 aliphatic carbocycles. The molecule has 0 aliphatic heterocycles. The molecule has 1 N–H and O–H groups in total. The Morgan fingerprint density at radius 1 is 1.18 bits per heavy atom. The van der Waals surface area contributed by atoms with E-state index >= 15 is 0 Å². The van der Waals surface area contributed by atoms with E-state index in [9.17, 15) is 14.7 Å². The Morgan fingerprint density at radius 2 is 1.65 bits per heavy atom. The van der Waals surface area contributed by atoms with Crippen molar-refractivity contribution in [2.75, 3.05) is 13.2 Å². The van der Waals surface area contributed by atoms with Gasteiger partial charge in [-0.25, -0.2) is 9.59 Å². The highest BCUT2D eigenvalue weighted by Gasteiger charge is 2.13. The summed E-state index contributed by atoms with van der Waals surface area (Å²) in [5.74, 6) is -1.15. The van der Waals surface area contributed by atoms with Gasteiger partial charge in [0.15, 0.2) is 0 Å². The molecule has 1 atom stereocenters. The number of hydrogen-bond donors (Lipinski definition) is 1. The van der Waals surface area contributed by atoms with Crippen LogP contribution >= 0.6 is 0 Å². The second-order valence-corrected chi connectivity index (χ2v) is 3.59. The molecule has 5 nitrogen and oxygen atoms in total. The fourth-order valence-electron chi connectivity index (χ4n) is 0.761. The van der Waals surface area contributed by atoms with Crippen molar-refractivity contribution in [2.45, 2.75) is 26.4 Å². The minimum absolute atomic E-state index is 0.235. The highest BCUT2D eigenvalue weighted by atomic mass is 16.6. The fourth-order valence-corrected chi connectivity index (χ4v) is 0.761. The van der Waals surface area contributed by atoms with Gasteiger partial charge in [0, 0.05) is 11.1 Å². The zero-order valence-electron chi connectivity index (χ0n) is 10.2. The third-order valence-electron chi connectivity index (χ3n) is 1.88. The molecule has 0 spiro atoms. The SMILES string of the molecule is C=C(C)C(=O)OCC(O)COC(=O)C(=C)CC. The van der Waals surface area contributed by atoms with Gasteiger partial charge in [-0.2, -0.15) is 0 Å². The van der Waals surface area contributed by atoms with E-state index in [4.69, 9.17) is 4.74 Å². The second kappa shape index (κ2) is 7.62. The lowest BCUT2D eigenvalue weighted by molar-refractivity contribution is -0.147. The fraction of sp³-hybridized carbons (Fsp3) is 0.500. The van der Waals surface area contributed by atoms with Crippen LogP contribution in [0.4, 0.5) is 0 Å². The molecule has 0 aromatic carbocycles. The van der Waals surface area contributed by atoms with Crippen LogP contribution in [-0.4, -0.2) is 36.4 Å². The van der Waals surface area contributed by atoms with Crippen molar-refractivity contribution in [1.29, 1.82) is 0 Å². The molecule has 0 heterocycles. The summed E-state index contributed by atoms with van der Waals surface area (Å²) in [5, 5.41) is 9.37. The quantitative estimate of drug-likeness (QED) is 0.532. The van der Waals surface area contributed by atoms with Gasteiger partial charge in [0.25, 0.3) is 0 Å². The van der Waals surface area contributed by atoms with Gasteiger partial charge in [-0.15, -0.1) is 0 Å². The minimum Gasteiger partial charge on any atom is -0.459 e. The number of rotatable bonds is 7. The molecule has 0 rings (SSSR count). The van der Waals surface area contributed by atoms with E-state index in [1.54, 1.807) is 6.92 Å². The van der Waals surface area contributed by atoms with Crippen molar-refractivity contribution in [2.24, 2.45) is 0 Å². The van der Waals surface area contributed by atoms with Crippen LogP contribution < -0.4 is 0 Å². The summed E-state index contributed by atoms with van der Waals surface area (Å²) in [7, 11) is 0. The predicted molar refractivity (Wildman–Crippen MR) is 62.2 cm³/mol. The molecule has 0 aliphatic rings. The first-order valence-corrected chi connectivity index (χ1v) is 5.24. The molecule has 5 heteroatoms. The predicted octanol–water partition coefficient (Wildman–Crippen LogP) is 0.976. The van der Waals surface area contributed by atoms with Gasteiger partial charge in [0.2, 0.25) is 0 Å². The van der Waals surface area contributed by atoms with Gasteiger partial charge >= 0.3 is 11.9 Å². The third-order valence-corrected chi connectivity index (χ3v) is 1.88. The first kappa shape index (κ1) is 15.4. The molecule has 0 aromatic heterocycles.